The molecule has 1 aromatic carbocycles. The van der Waals surface area contributed by atoms with Crippen molar-refractivity contribution in [1.29, 1.82) is 0 Å². The molecule has 2 nitrogen and oxygen atoms in total. The molecule has 2 heteroatoms. The molecule has 0 radical (unpaired) electrons. The van der Waals surface area contributed by atoms with Crippen LogP contribution in [0.3, 0.4) is 0 Å². The molecule has 1 saturated heterocycles. The van der Waals surface area contributed by atoms with E-state index in [1.165, 1.54) is 31.5 Å². The zero-order chi connectivity index (χ0) is 11.7. The molecule has 2 fully saturated rings. The van der Waals surface area contributed by atoms with Crippen molar-refractivity contribution in [3.8, 4) is 0 Å². The summed E-state index contributed by atoms with van der Waals surface area (Å²) < 4.78 is 0. The lowest BCUT2D eigenvalue weighted by Gasteiger charge is -2.16. The van der Waals surface area contributed by atoms with Crippen molar-refractivity contribution < 1.29 is 0 Å². The second-order valence-corrected chi connectivity index (χ2v) is 5.69. The van der Waals surface area contributed by atoms with E-state index in [1.807, 2.05) is 0 Å². The first-order valence-corrected chi connectivity index (χ1v) is 6.83. The van der Waals surface area contributed by atoms with E-state index in [-0.39, 0.29) is 0 Å². The first kappa shape index (κ1) is 11.2. The molecule has 1 aliphatic carbocycles. The summed E-state index contributed by atoms with van der Waals surface area (Å²) in [5, 5.41) is 3.78. The van der Waals surface area contributed by atoms with Crippen molar-refractivity contribution in [3.63, 3.8) is 0 Å². The van der Waals surface area contributed by atoms with Gasteiger partial charge < -0.3 is 5.32 Å². The van der Waals surface area contributed by atoms with E-state index in [0.717, 1.165) is 24.5 Å². The van der Waals surface area contributed by atoms with E-state index in [9.17, 15) is 0 Å². The van der Waals surface area contributed by atoms with Gasteiger partial charge in [0.25, 0.3) is 0 Å². The molecule has 3 atom stereocenters. The first-order chi connectivity index (χ1) is 8.31. The Kier molecular flexibility index (Phi) is 3.17. The summed E-state index contributed by atoms with van der Waals surface area (Å²) in [6, 6.07) is 12.4. The van der Waals surface area contributed by atoms with Crippen LogP contribution in [0.15, 0.2) is 30.3 Å². The quantitative estimate of drug-likeness (QED) is 0.853. The third kappa shape index (κ3) is 2.88. The van der Waals surface area contributed by atoms with Crippen LogP contribution in [0.2, 0.25) is 0 Å². The molecule has 1 saturated carbocycles. The van der Waals surface area contributed by atoms with Crippen molar-refractivity contribution in [1.82, 2.24) is 10.2 Å². The average Bonchev–Trinajstić information content (AvgIpc) is 2.85. The van der Waals surface area contributed by atoms with E-state index >= 15 is 0 Å². The molecule has 17 heavy (non-hydrogen) atoms. The Labute approximate surface area is 104 Å². The Hall–Kier alpha value is -0.860. The number of benzene rings is 1. The first-order valence-electron chi connectivity index (χ1n) is 6.83. The van der Waals surface area contributed by atoms with Gasteiger partial charge in [-0.15, -0.1) is 0 Å². The maximum Gasteiger partial charge on any atom is 0.0234 e. The van der Waals surface area contributed by atoms with Gasteiger partial charge in [0.2, 0.25) is 0 Å². The minimum Gasteiger partial charge on any atom is -0.310 e. The van der Waals surface area contributed by atoms with Gasteiger partial charge in [-0.25, -0.2) is 0 Å². The number of hydrogen-bond acceptors (Lipinski definition) is 2. The Morgan fingerprint density at radius 1 is 1.29 bits per heavy atom. The minimum atomic E-state index is 0.730. The molecule has 3 unspecified atom stereocenters. The van der Waals surface area contributed by atoms with Gasteiger partial charge in [0.1, 0.15) is 0 Å². The van der Waals surface area contributed by atoms with Crippen molar-refractivity contribution in [2.75, 3.05) is 13.1 Å². The fourth-order valence-corrected chi connectivity index (χ4v) is 2.81. The van der Waals surface area contributed by atoms with Gasteiger partial charge in [-0.3, -0.25) is 4.90 Å². The van der Waals surface area contributed by atoms with Gasteiger partial charge in [0.15, 0.2) is 0 Å². The van der Waals surface area contributed by atoms with Gasteiger partial charge in [0, 0.05) is 31.7 Å². The monoisotopic (exact) mass is 230 g/mol. The lowest BCUT2D eigenvalue weighted by molar-refractivity contribution is 0.319. The number of nitrogens with one attached hydrogen (secondary N) is 1. The van der Waals surface area contributed by atoms with E-state index in [1.54, 1.807) is 0 Å². The molecule has 2 aliphatic rings. The highest BCUT2D eigenvalue weighted by atomic mass is 15.2. The predicted octanol–water partition coefficient (Wildman–Crippen LogP) is 2.26. The smallest absolute Gasteiger partial charge is 0.0234 e. The predicted molar refractivity (Wildman–Crippen MR) is 70.8 cm³/mol. The van der Waals surface area contributed by atoms with Gasteiger partial charge >= 0.3 is 0 Å². The van der Waals surface area contributed by atoms with Gasteiger partial charge in [-0.05, 0) is 24.3 Å². The van der Waals surface area contributed by atoms with Crippen molar-refractivity contribution in [2.45, 2.75) is 38.4 Å². The van der Waals surface area contributed by atoms with Crippen LogP contribution in [0.5, 0.6) is 0 Å². The van der Waals surface area contributed by atoms with E-state index in [2.05, 4.69) is 47.5 Å². The normalized spacial score (nSPS) is 32.9. The molecule has 0 aromatic heterocycles. The van der Waals surface area contributed by atoms with Crippen molar-refractivity contribution in [3.05, 3.63) is 35.9 Å². The molecule has 1 N–H and O–H groups in total. The fourth-order valence-electron chi connectivity index (χ4n) is 2.81. The maximum absolute atomic E-state index is 3.78. The van der Waals surface area contributed by atoms with Gasteiger partial charge in [-0.2, -0.15) is 0 Å². The molecule has 1 heterocycles. The Morgan fingerprint density at radius 2 is 2.06 bits per heavy atom. The SMILES string of the molecule is CC1CC1NC1CCN(Cc2ccccc2)C1. The summed E-state index contributed by atoms with van der Waals surface area (Å²) >= 11 is 0. The highest BCUT2D eigenvalue weighted by Gasteiger charge is 2.35. The van der Waals surface area contributed by atoms with Crippen molar-refractivity contribution in [2.24, 2.45) is 5.92 Å². The summed E-state index contributed by atoms with van der Waals surface area (Å²) in [4.78, 5) is 2.57. The summed E-state index contributed by atoms with van der Waals surface area (Å²) in [5.74, 6) is 0.915. The van der Waals surface area contributed by atoms with E-state index < -0.39 is 0 Å². The molecule has 1 aliphatic heterocycles. The van der Waals surface area contributed by atoms with Crippen LogP contribution in [0.4, 0.5) is 0 Å². The summed E-state index contributed by atoms with van der Waals surface area (Å²) in [6.07, 6.45) is 2.70. The lowest BCUT2D eigenvalue weighted by atomic mass is 10.2. The average molecular weight is 230 g/mol. The zero-order valence-electron chi connectivity index (χ0n) is 10.6. The second-order valence-electron chi connectivity index (χ2n) is 5.69. The molecule has 0 amide bonds. The minimum absolute atomic E-state index is 0.730. The van der Waals surface area contributed by atoms with Crippen LogP contribution in [0.1, 0.15) is 25.3 Å². The number of rotatable bonds is 4. The van der Waals surface area contributed by atoms with E-state index in [4.69, 9.17) is 0 Å². The fraction of sp³-hybridized carbons (Fsp3) is 0.600. The molecule has 0 bridgehead atoms. The summed E-state index contributed by atoms with van der Waals surface area (Å²) in [6.45, 7) is 5.92. The van der Waals surface area contributed by atoms with Crippen LogP contribution in [0, 0.1) is 5.92 Å². The van der Waals surface area contributed by atoms with Crippen LogP contribution in [-0.2, 0) is 6.54 Å². The molecular formula is C15H22N2. The number of likely N-dealkylation sites (tertiary alicyclic amines) is 1. The van der Waals surface area contributed by atoms with Crippen molar-refractivity contribution >= 4 is 0 Å². The summed E-state index contributed by atoms with van der Waals surface area (Å²) in [5.41, 5.74) is 1.44. The topological polar surface area (TPSA) is 15.3 Å². The lowest BCUT2D eigenvalue weighted by Crippen LogP contribution is -2.34. The Morgan fingerprint density at radius 3 is 2.76 bits per heavy atom. The molecule has 1 aromatic rings. The van der Waals surface area contributed by atoms with Crippen LogP contribution in [0.25, 0.3) is 0 Å². The van der Waals surface area contributed by atoms with Gasteiger partial charge in [0.05, 0.1) is 0 Å². The van der Waals surface area contributed by atoms with Crippen LogP contribution < -0.4 is 5.32 Å². The number of hydrogen-bond donors (Lipinski definition) is 1. The highest BCUT2D eigenvalue weighted by molar-refractivity contribution is 5.14. The second kappa shape index (κ2) is 4.79. The number of nitrogens with zero attached hydrogens (tertiary/aromatic N) is 1. The largest absolute Gasteiger partial charge is 0.310 e. The molecule has 0 spiro atoms. The van der Waals surface area contributed by atoms with Crippen LogP contribution >= 0.6 is 0 Å². The van der Waals surface area contributed by atoms with Gasteiger partial charge in [-0.1, -0.05) is 37.3 Å². The third-order valence-electron chi connectivity index (χ3n) is 4.08. The zero-order valence-corrected chi connectivity index (χ0v) is 10.6. The molecular weight excluding hydrogens is 208 g/mol. The Bertz CT molecular complexity index is 362. The third-order valence-corrected chi connectivity index (χ3v) is 4.08. The molecule has 92 valence electrons. The Balaban J connectivity index is 1.47. The van der Waals surface area contributed by atoms with Crippen LogP contribution in [-0.4, -0.2) is 30.1 Å². The molecule has 3 rings (SSSR count). The maximum atomic E-state index is 3.78. The standard InChI is InChI=1S/C15H22N2/c1-12-9-15(12)16-14-7-8-17(11-14)10-13-5-3-2-4-6-13/h2-6,12,14-16H,7-11H2,1H3. The highest BCUT2D eigenvalue weighted by Crippen LogP contribution is 2.30. The van der Waals surface area contributed by atoms with E-state index in [0.29, 0.717) is 0 Å². The summed E-state index contributed by atoms with van der Waals surface area (Å²) in [7, 11) is 0.